The van der Waals surface area contributed by atoms with Gasteiger partial charge >= 0.3 is 0 Å². The molecule has 1 heterocycles. The standard InChI is InChI=1S/C12H21N3S/c1-7-4-5-10(6-8(7)2)11(13)12-9(3)14-15-16-12/h7-8,10-11H,4-6,13H2,1-3H3. The van der Waals surface area contributed by atoms with E-state index in [4.69, 9.17) is 5.73 Å². The first-order valence-corrected chi connectivity index (χ1v) is 6.91. The zero-order chi connectivity index (χ0) is 11.7. The number of rotatable bonds is 2. The summed E-state index contributed by atoms with van der Waals surface area (Å²) in [6.07, 6.45) is 3.81. The fourth-order valence-corrected chi connectivity index (χ4v) is 3.41. The van der Waals surface area contributed by atoms with Gasteiger partial charge in [0.05, 0.1) is 10.6 Å². The molecule has 1 aromatic rings. The maximum atomic E-state index is 6.35. The van der Waals surface area contributed by atoms with Gasteiger partial charge < -0.3 is 5.73 Å². The minimum atomic E-state index is 0.148. The summed E-state index contributed by atoms with van der Waals surface area (Å²) in [5.41, 5.74) is 7.37. The molecule has 1 fully saturated rings. The third-order valence-electron chi connectivity index (χ3n) is 4.14. The summed E-state index contributed by atoms with van der Waals surface area (Å²) in [5, 5.41) is 4.06. The molecule has 0 bridgehead atoms. The highest BCUT2D eigenvalue weighted by atomic mass is 32.1. The Labute approximate surface area is 102 Å². The Morgan fingerprint density at radius 1 is 1.31 bits per heavy atom. The van der Waals surface area contributed by atoms with Crippen molar-refractivity contribution >= 4 is 11.5 Å². The first-order chi connectivity index (χ1) is 7.59. The zero-order valence-corrected chi connectivity index (χ0v) is 11.1. The van der Waals surface area contributed by atoms with Crippen LogP contribution in [0.3, 0.4) is 0 Å². The first kappa shape index (κ1) is 12.0. The molecule has 1 aliphatic carbocycles. The molecule has 1 aromatic heterocycles. The van der Waals surface area contributed by atoms with Crippen LogP contribution in [0.15, 0.2) is 0 Å². The van der Waals surface area contributed by atoms with E-state index in [1.165, 1.54) is 35.7 Å². The molecule has 1 aliphatic rings. The second kappa shape index (κ2) is 4.80. The summed E-state index contributed by atoms with van der Waals surface area (Å²) in [7, 11) is 0. The van der Waals surface area contributed by atoms with Crippen molar-refractivity contribution in [3.05, 3.63) is 10.6 Å². The van der Waals surface area contributed by atoms with Crippen LogP contribution in [-0.2, 0) is 0 Å². The van der Waals surface area contributed by atoms with E-state index in [0.717, 1.165) is 17.5 Å². The molecule has 4 unspecified atom stereocenters. The lowest BCUT2D eigenvalue weighted by molar-refractivity contribution is 0.187. The minimum absolute atomic E-state index is 0.148. The minimum Gasteiger partial charge on any atom is -0.323 e. The largest absolute Gasteiger partial charge is 0.323 e. The van der Waals surface area contributed by atoms with Gasteiger partial charge in [0.15, 0.2) is 0 Å². The van der Waals surface area contributed by atoms with Gasteiger partial charge in [-0.05, 0) is 49.1 Å². The Hall–Kier alpha value is -0.480. The van der Waals surface area contributed by atoms with E-state index in [1.54, 1.807) is 0 Å². The Bertz CT molecular complexity index is 350. The van der Waals surface area contributed by atoms with Crippen molar-refractivity contribution in [1.29, 1.82) is 0 Å². The van der Waals surface area contributed by atoms with E-state index in [0.29, 0.717) is 5.92 Å². The van der Waals surface area contributed by atoms with E-state index in [9.17, 15) is 0 Å². The molecular weight excluding hydrogens is 218 g/mol. The Kier molecular flexibility index (Phi) is 3.60. The molecule has 0 aromatic carbocycles. The Balaban J connectivity index is 2.06. The predicted molar refractivity (Wildman–Crippen MR) is 67.2 cm³/mol. The molecule has 0 aliphatic heterocycles. The van der Waals surface area contributed by atoms with Crippen LogP contribution in [0.5, 0.6) is 0 Å². The van der Waals surface area contributed by atoms with Crippen LogP contribution in [0.4, 0.5) is 0 Å². The van der Waals surface area contributed by atoms with Crippen molar-refractivity contribution in [2.24, 2.45) is 23.5 Å². The fraction of sp³-hybridized carbons (Fsp3) is 0.833. The van der Waals surface area contributed by atoms with Gasteiger partial charge in [-0.15, -0.1) is 5.10 Å². The highest BCUT2D eigenvalue weighted by molar-refractivity contribution is 7.05. The van der Waals surface area contributed by atoms with Crippen LogP contribution in [0.1, 0.15) is 49.7 Å². The van der Waals surface area contributed by atoms with Crippen molar-refractivity contribution < 1.29 is 0 Å². The summed E-state index contributed by atoms with van der Waals surface area (Å²) in [6.45, 7) is 6.71. The van der Waals surface area contributed by atoms with E-state index >= 15 is 0 Å². The van der Waals surface area contributed by atoms with Crippen LogP contribution < -0.4 is 5.73 Å². The van der Waals surface area contributed by atoms with Gasteiger partial charge in [0, 0.05) is 6.04 Å². The second-order valence-corrected chi connectivity index (χ2v) is 6.06. The summed E-state index contributed by atoms with van der Waals surface area (Å²) in [6, 6.07) is 0.148. The van der Waals surface area contributed by atoms with Gasteiger partial charge in [0.1, 0.15) is 0 Å². The molecular formula is C12H21N3S. The average molecular weight is 239 g/mol. The van der Waals surface area contributed by atoms with Gasteiger partial charge in [0.2, 0.25) is 0 Å². The molecule has 3 nitrogen and oxygen atoms in total. The van der Waals surface area contributed by atoms with E-state index in [2.05, 4.69) is 23.4 Å². The number of nitrogens with two attached hydrogens (primary N) is 1. The molecule has 2 rings (SSSR count). The van der Waals surface area contributed by atoms with Crippen molar-refractivity contribution in [2.75, 3.05) is 0 Å². The topological polar surface area (TPSA) is 51.8 Å². The van der Waals surface area contributed by atoms with E-state index < -0.39 is 0 Å². The van der Waals surface area contributed by atoms with Gasteiger partial charge in [0.25, 0.3) is 0 Å². The second-order valence-electron chi connectivity index (χ2n) is 5.28. The maximum absolute atomic E-state index is 6.35. The summed E-state index contributed by atoms with van der Waals surface area (Å²) in [5.74, 6) is 2.27. The third kappa shape index (κ3) is 2.28. The summed E-state index contributed by atoms with van der Waals surface area (Å²) in [4.78, 5) is 1.19. The van der Waals surface area contributed by atoms with Gasteiger partial charge in [-0.1, -0.05) is 24.8 Å². The molecule has 16 heavy (non-hydrogen) atoms. The molecule has 4 heteroatoms. The van der Waals surface area contributed by atoms with Crippen LogP contribution in [-0.4, -0.2) is 9.59 Å². The van der Waals surface area contributed by atoms with Gasteiger partial charge in [-0.3, -0.25) is 0 Å². The molecule has 0 amide bonds. The molecule has 0 spiro atoms. The van der Waals surface area contributed by atoms with Crippen LogP contribution >= 0.6 is 11.5 Å². The number of hydrogen-bond acceptors (Lipinski definition) is 4. The number of hydrogen-bond donors (Lipinski definition) is 1. The maximum Gasteiger partial charge on any atom is 0.0772 e. The predicted octanol–water partition coefficient (Wildman–Crippen LogP) is 2.92. The van der Waals surface area contributed by atoms with E-state index in [1.807, 2.05) is 6.92 Å². The molecule has 0 saturated heterocycles. The number of aryl methyl sites for hydroxylation is 1. The van der Waals surface area contributed by atoms with Crippen LogP contribution in [0.25, 0.3) is 0 Å². The highest BCUT2D eigenvalue weighted by Crippen LogP contribution is 2.39. The summed E-state index contributed by atoms with van der Waals surface area (Å²) < 4.78 is 3.98. The van der Waals surface area contributed by atoms with Crippen molar-refractivity contribution in [1.82, 2.24) is 9.59 Å². The lowest BCUT2D eigenvalue weighted by Crippen LogP contribution is -2.29. The van der Waals surface area contributed by atoms with Crippen LogP contribution in [0, 0.1) is 24.7 Å². The zero-order valence-electron chi connectivity index (χ0n) is 10.3. The lowest BCUT2D eigenvalue weighted by Gasteiger charge is -2.34. The van der Waals surface area contributed by atoms with Gasteiger partial charge in [-0.2, -0.15) is 0 Å². The molecule has 90 valence electrons. The quantitative estimate of drug-likeness (QED) is 0.863. The van der Waals surface area contributed by atoms with Crippen molar-refractivity contribution in [3.63, 3.8) is 0 Å². The highest BCUT2D eigenvalue weighted by Gasteiger charge is 2.30. The smallest absolute Gasteiger partial charge is 0.0772 e. The van der Waals surface area contributed by atoms with E-state index in [-0.39, 0.29) is 6.04 Å². The summed E-state index contributed by atoms with van der Waals surface area (Å²) >= 11 is 1.47. The first-order valence-electron chi connectivity index (χ1n) is 6.14. The lowest BCUT2D eigenvalue weighted by atomic mass is 9.73. The fourth-order valence-electron chi connectivity index (χ4n) is 2.67. The van der Waals surface area contributed by atoms with Gasteiger partial charge in [-0.25, -0.2) is 0 Å². The normalized spacial score (nSPS) is 32.6. The molecule has 2 N–H and O–H groups in total. The number of aromatic nitrogens is 2. The van der Waals surface area contributed by atoms with Crippen molar-refractivity contribution in [3.8, 4) is 0 Å². The molecule has 1 saturated carbocycles. The Morgan fingerprint density at radius 2 is 2.06 bits per heavy atom. The SMILES string of the molecule is Cc1nnsc1C(N)C1CCC(C)C(C)C1. The monoisotopic (exact) mass is 239 g/mol. The third-order valence-corrected chi connectivity index (χ3v) is 5.06. The molecule has 0 radical (unpaired) electrons. The Morgan fingerprint density at radius 3 is 2.62 bits per heavy atom. The molecule has 4 atom stereocenters. The average Bonchev–Trinajstić information content (AvgIpc) is 2.67. The number of nitrogens with zero attached hydrogens (tertiary/aromatic N) is 2. The van der Waals surface area contributed by atoms with Crippen LogP contribution in [0.2, 0.25) is 0 Å². The van der Waals surface area contributed by atoms with Crippen molar-refractivity contribution in [2.45, 2.75) is 46.1 Å².